The molecule has 8 aliphatic rings. The number of hydrogen-bond donors (Lipinski definition) is 0. The molecular formula is C59H39BF2N2. The lowest BCUT2D eigenvalue weighted by Gasteiger charge is -2.42. The first-order valence-electron chi connectivity index (χ1n) is 22.4. The third-order valence-electron chi connectivity index (χ3n) is 14.9. The van der Waals surface area contributed by atoms with Gasteiger partial charge in [-0.25, -0.2) is 0 Å². The number of fused-ring (bicyclic) bond motifs is 2. The molecule has 8 aromatic rings. The van der Waals surface area contributed by atoms with E-state index in [1.165, 1.54) is 53.5 Å². The fraction of sp³-hybridized carbons (Fsp3) is 0.0678. The maximum atomic E-state index is 19.6. The zero-order valence-corrected chi connectivity index (χ0v) is 34.7. The predicted molar refractivity (Wildman–Crippen MR) is 255 cm³/mol. The fourth-order valence-corrected chi connectivity index (χ4v) is 12.6. The van der Waals surface area contributed by atoms with Gasteiger partial charge >= 0.3 is 6.97 Å². The molecule has 0 amide bonds. The SMILES string of the molecule is F[B-]1(F)n2c(/C=C/c3ccccc3)c3c(c2C(c2ccccc2)=C2C4=C(C(/C=C/c5ccccc5)=[N+]21)C1c2ccccc2C4c2ccccc21)C1c2ccccc2C3c2ccccc21. The molecule has 7 aromatic carbocycles. The van der Waals surface area contributed by atoms with Crippen LogP contribution in [0.2, 0.25) is 0 Å². The monoisotopic (exact) mass is 824 g/mol. The van der Waals surface area contributed by atoms with E-state index in [1.807, 2.05) is 91.0 Å². The molecule has 4 bridgehead atoms. The Morgan fingerprint density at radius 1 is 0.406 bits per heavy atom. The Balaban J connectivity index is 1.17. The van der Waals surface area contributed by atoms with Crippen molar-refractivity contribution >= 4 is 36.5 Å². The van der Waals surface area contributed by atoms with Crippen molar-refractivity contribution in [3.05, 3.63) is 295 Å². The molecule has 0 radical (unpaired) electrons. The minimum atomic E-state index is -4.54. The zero-order chi connectivity index (χ0) is 42.3. The van der Waals surface area contributed by atoms with Crippen LogP contribution >= 0.6 is 0 Å². The summed E-state index contributed by atoms with van der Waals surface area (Å²) in [6.07, 6.45) is 8.03. The molecule has 0 unspecified atom stereocenters. The van der Waals surface area contributed by atoms with Crippen molar-refractivity contribution in [3.8, 4) is 0 Å². The van der Waals surface area contributed by atoms with Crippen LogP contribution in [0.5, 0.6) is 0 Å². The highest BCUT2D eigenvalue weighted by Gasteiger charge is 2.63. The van der Waals surface area contributed by atoms with E-state index in [4.69, 9.17) is 0 Å². The molecule has 2 aliphatic heterocycles. The van der Waals surface area contributed by atoms with E-state index in [0.29, 0.717) is 22.8 Å². The minimum absolute atomic E-state index is 0.218. The van der Waals surface area contributed by atoms with Crippen LogP contribution < -0.4 is 0 Å². The summed E-state index contributed by atoms with van der Waals surface area (Å²) in [7, 11) is 0. The molecule has 5 heteroatoms. The second-order valence-corrected chi connectivity index (χ2v) is 17.9. The predicted octanol–water partition coefficient (Wildman–Crippen LogP) is 13.4. The quantitative estimate of drug-likeness (QED) is 0.153. The van der Waals surface area contributed by atoms with Crippen molar-refractivity contribution in [2.45, 2.75) is 23.7 Å². The number of rotatable bonds is 5. The summed E-state index contributed by atoms with van der Waals surface area (Å²) in [4.78, 5) is 0. The van der Waals surface area contributed by atoms with Crippen LogP contribution in [0.1, 0.15) is 107 Å². The number of halogens is 2. The van der Waals surface area contributed by atoms with Crippen LogP contribution in [0, 0.1) is 0 Å². The van der Waals surface area contributed by atoms with Crippen LogP contribution in [0.4, 0.5) is 8.63 Å². The van der Waals surface area contributed by atoms with Gasteiger partial charge in [-0.15, -0.1) is 0 Å². The average molecular weight is 825 g/mol. The molecule has 0 saturated heterocycles. The van der Waals surface area contributed by atoms with E-state index in [-0.39, 0.29) is 23.7 Å². The van der Waals surface area contributed by atoms with Crippen LogP contribution in [0.15, 0.2) is 211 Å². The smallest absolute Gasteiger partial charge is 0.389 e. The minimum Gasteiger partial charge on any atom is -0.389 e. The summed E-state index contributed by atoms with van der Waals surface area (Å²) >= 11 is 0. The molecule has 64 heavy (non-hydrogen) atoms. The average Bonchev–Trinajstić information content (AvgIpc) is 3.89. The summed E-state index contributed by atoms with van der Waals surface area (Å²) in [5.74, 6) is -0.897. The molecular weight excluding hydrogens is 785 g/mol. The van der Waals surface area contributed by atoms with Crippen LogP contribution in [0.25, 0.3) is 23.8 Å². The summed E-state index contributed by atoms with van der Waals surface area (Å²) in [6.45, 7) is -4.54. The van der Waals surface area contributed by atoms with Gasteiger partial charge in [0.25, 0.3) is 0 Å². The Morgan fingerprint density at radius 3 is 1.28 bits per heavy atom. The van der Waals surface area contributed by atoms with E-state index in [1.54, 1.807) is 0 Å². The molecule has 1 aromatic heterocycles. The van der Waals surface area contributed by atoms with Crippen molar-refractivity contribution in [1.29, 1.82) is 0 Å². The largest absolute Gasteiger partial charge is 0.737 e. The third kappa shape index (κ3) is 4.66. The molecule has 302 valence electrons. The van der Waals surface area contributed by atoms with Gasteiger partial charge in [0.05, 0.1) is 5.57 Å². The molecule has 3 heterocycles. The summed E-state index contributed by atoms with van der Waals surface area (Å²) < 4.78 is 42.2. The van der Waals surface area contributed by atoms with Crippen molar-refractivity contribution in [1.82, 2.24) is 4.48 Å². The normalized spacial score (nSPS) is 21.1. The van der Waals surface area contributed by atoms with Crippen molar-refractivity contribution < 1.29 is 13.1 Å². The van der Waals surface area contributed by atoms with Crippen LogP contribution in [0.3, 0.4) is 0 Å². The molecule has 0 fully saturated rings. The lowest BCUT2D eigenvalue weighted by molar-refractivity contribution is -0.362. The number of benzene rings is 7. The molecule has 0 saturated carbocycles. The molecule has 0 spiro atoms. The zero-order valence-electron chi connectivity index (χ0n) is 34.7. The van der Waals surface area contributed by atoms with E-state index >= 15 is 8.63 Å². The molecule has 6 aliphatic carbocycles. The van der Waals surface area contributed by atoms with Gasteiger partial charge in [0.2, 0.25) is 0 Å². The second-order valence-electron chi connectivity index (χ2n) is 17.9. The lowest BCUT2D eigenvalue weighted by atomic mass is 9.59. The maximum absolute atomic E-state index is 19.6. The van der Waals surface area contributed by atoms with Crippen LogP contribution in [-0.4, -0.2) is 21.6 Å². The van der Waals surface area contributed by atoms with Gasteiger partial charge in [-0.05, 0) is 84.5 Å². The number of allylic oxidation sites excluding steroid dienone is 3. The van der Waals surface area contributed by atoms with E-state index in [2.05, 4.69) is 121 Å². The van der Waals surface area contributed by atoms with Gasteiger partial charge in [0.1, 0.15) is 0 Å². The first-order chi connectivity index (χ1) is 31.6. The van der Waals surface area contributed by atoms with Gasteiger partial charge in [-0.3, -0.25) is 0 Å². The Kier molecular flexibility index (Phi) is 7.41. The Labute approximate surface area is 370 Å². The van der Waals surface area contributed by atoms with Gasteiger partial charge in [-0.1, -0.05) is 194 Å². The summed E-state index contributed by atoms with van der Waals surface area (Å²) in [6, 6.07) is 65.2. The van der Waals surface area contributed by atoms with E-state index in [0.717, 1.165) is 44.5 Å². The topological polar surface area (TPSA) is 7.94 Å². The Bertz CT molecular complexity index is 3390. The standard InChI is InChI=1S/C59H39BF2N2/c61-60(62)63-47(34-32-36-18-4-1-5-19-36)54-50-39-24-10-14-28-43(39)52(44-29-15-11-25-40(44)50)56(54)58(63)49(38-22-8-3-9-23-38)59-57-53-45-30-16-12-26-41(45)51(42-27-13-17-31-46(42)53)55(57)48(64(59)60)35-33-37-20-6-2-7-21-37/h1-35,50-53H/b34-32+,35-33+. The highest BCUT2D eigenvalue weighted by atomic mass is 19.2. The molecule has 2 nitrogen and oxygen atoms in total. The second kappa shape index (κ2) is 13.2. The van der Waals surface area contributed by atoms with Gasteiger partial charge < -0.3 is 17.6 Å². The fourth-order valence-electron chi connectivity index (χ4n) is 12.6. The molecule has 0 N–H and O–H groups in total. The van der Waals surface area contributed by atoms with Gasteiger partial charge in [0.15, 0.2) is 11.4 Å². The highest BCUT2D eigenvalue weighted by Crippen LogP contribution is 2.65. The number of nitrogens with zero attached hydrogens (tertiary/aromatic N) is 2. The molecule has 0 atom stereocenters. The Hall–Kier alpha value is -7.63. The number of hydrogen-bond acceptors (Lipinski definition) is 0. The van der Waals surface area contributed by atoms with Gasteiger partial charge in [0, 0.05) is 52.3 Å². The third-order valence-corrected chi connectivity index (χ3v) is 14.9. The lowest BCUT2D eigenvalue weighted by Crippen LogP contribution is -2.52. The van der Waals surface area contributed by atoms with Crippen LogP contribution in [-0.2, 0) is 0 Å². The Morgan fingerprint density at radius 2 is 0.797 bits per heavy atom. The number of aromatic nitrogens is 1. The summed E-state index contributed by atoms with van der Waals surface area (Å²) in [5, 5.41) is 0. The first-order valence-corrected chi connectivity index (χ1v) is 22.4. The van der Waals surface area contributed by atoms with Gasteiger partial charge in [-0.2, -0.15) is 0 Å². The summed E-state index contributed by atoms with van der Waals surface area (Å²) in [5.41, 5.74) is 19.7. The van der Waals surface area contributed by atoms with E-state index < -0.39 is 6.97 Å². The van der Waals surface area contributed by atoms with Crippen molar-refractivity contribution in [2.75, 3.05) is 0 Å². The molecule has 16 rings (SSSR count). The first kappa shape index (κ1) is 35.9. The van der Waals surface area contributed by atoms with Crippen molar-refractivity contribution in [2.24, 2.45) is 0 Å². The maximum Gasteiger partial charge on any atom is 0.737 e. The van der Waals surface area contributed by atoms with Crippen molar-refractivity contribution in [3.63, 3.8) is 0 Å². The van der Waals surface area contributed by atoms with E-state index in [9.17, 15) is 0 Å². The highest BCUT2D eigenvalue weighted by molar-refractivity contribution is 6.59.